The van der Waals surface area contributed by atoms with Crippen LogP contribution in [0.5, 0.6) is 0 Å². The first kappa shape index (κ1) is 20.2. The summed E-state index contributed by atoms with van der Waals surface area (Å²) in [5, 5.41) is 0. The van der Waals surface area contributed by atoms with Gasteiger partial charge in [0.15, 0.2) is 0 Å². The largest absolute Gasteiger partial charge is 0.218 e. The molecule has 0 atom stereocenters. The summed E-state index contributed by atoms with van der Waals surface area (Å²) >= 11 is 3.06. The summed E-state index contributed by atoms with van der Waals surface area (Å²) in [6.07, 6.45) is 0. The maximum Gasteiger partial charge on any atom is 0.209 e. The van der Waals surface area contributed by atoms with Crippen molar-refractivity contribution in [3.8, 4) is 20.9 Å². The highest BCUT2D eigenvalue weighted by Crippen LogP contribution is 2.49. The van der Waals surface area contributed by atoms with E-state index in [0.29, 0.717) is 9.81 Å². The second-order valence-corrected chi connectivity index (χ2v) is 11.5. The van der Waals surface area contributed by atoms with Gasteiger partial charge in [0, 0.05) is 19.5 Å². The molecule has 2 aromatic carbocycles. The number of benzene rings is 2. The lowest BCUT2D eigenvalue weighted by Gasteiger charge is -2.05. The molecule has 0 fully saturated rings. The molecule has 0 aliphatic carbocycles. The van der Waals surface area contributed by atoms with Crippen LogP contribution in [0.1, 0.15) is 23.6 Å². The molecule has 4 aromatic rings. The van der Waals surface area contributed by atoms with E-state index in [0.717, 1.165) is 41.8 Å². The van der Waals surface area contributed by atoms with Gasteiger partial charge in [-0.1, -0.05) is 60.7 Å². The van der Waals surface area contributed by atoms with Crippen molar-refractivity contribution in [3.05, 3.63) is 106 Å². The van der Waals surface area contributed by atoms with Gasteiger partial charge in [-0.25, -0.2) is 8.42 Å². The average Bonchev–Trinajstić information content (AvgIpc) is 3.48. The van der Waals surface area contributed by atoms with Gasteiger partial charge in [0.25, 0.3) is 0 Å². The third-order valence-electron chi connectivity index (χ3n) is 5.56. The molecule has 1 aliphatic heterocycles. The lowest BCUT2D eigenvalue weighted by atomic mass is 10.1. The predicted octanol–water partition coefficient (Wildman–Crippen LogP) is 7.73. The quantitative estimate of drug-likeness (QED) is 0.312. The molecule has 2 aromatic heterocycles. The van der Waals surface area contributed by atoms with Crippen molar-refractivity contribution in [3.63, 3.8) is 0 Å². The molecule has 0 unspecified atom stereocenters. The first-order valence-corrected chi connectivity index (χ1v) is 13.1. The van der Waals surface area contributed by atoms with Gasteiger partial charge in [-0.3, -0.25) is 0 Å². The van der Waals surface area contributed by atoms with Crippen LogP contribution in [0.4, 0.5) is 0 Å². The topological polar surface area (TPSA) is 34.1 Å². The van der Waals surface area contributed by atoms with Crippen LogP contribution in [-0.2, 0) is 9.84 Å². The average molecular weight is 461 g/mol. The van der Waals surface area contributed by atoms with Gasteiger partial charge < -0.3 is 0 Å². The van der Waals surface area contributed by atoms with E-state index in [4.69, 9.17) is 0 Å². The van der Waals surface area contributed by atoms with E-state index in [1.165, 1.54) is 22.7 Å². The molecule has 31 heavy (non-hydrogen) atoms. The van der Waals surface area contributed by atoms with Crippen LogP contribution in [0.15, 0.2) is 96.1 Å². The van der Waals surface area contributed by atoms with Gasteiger partial charge in [0.2, 0.25) is 9.84 Å². The predicted molar refractivity (Wildman–Crippen MR) is 134 cm³/mol. The van der Waals surface area contributed by atoms with Crippen molar-refractivity contribution in [2.24, 2.45) is 0 Å². The van der Waals surface area contributed by atoms with Gasteiger partial charge in [-0.05, 0) is 60.4 Å². The van der Waals surface area contributed by atoms with Crippen LogP contribution >= 0.6 is 22.7 Å². The Labute approximate surface area is 190 Å². The van der Waals surface area contributed by atoms with E-state index in [2.05, 4.69) is 0 Å². The van der Waals surface area contributed by atoms with Crippen LogP contribution < -0.4 is 0 Å². The Kier molecular flexibility index (Phi) is 5.05. The zero-order valence-corrected chi connectivity index (χ0v) is 19.6. The van der Waals surface area contributed by atoms with Crippen LogP contribution in [0.3, 0.4) is 0 Å². The number of allylic oxidation sites excluding steroid dienone is 2. The van der Waals surface area contributed by atoms with E-state index < -0.39 is 9.84 Å². The third kappa shape index (κ3) is 3.43. The van der Waals surface area contributed by atoms with Gasteiger partial charge in [-0.2, -0.15) is 0 Å². The molecule has 0 amide bonds. The Hall–Kier alpha value is -2.73. The van der Waals surface area contributed by atoms with E-state index in [1.54, 1.807) is 0 Å². The molecular weight excluding hydrogens is 440 g/mol. The monoisotopic (exact) mass is 460 g/mol. The second kappa shape index (κ2) is 7.75. The van der Waals surface area contributed by atoms with E-state index >= 15 is 0 Å². The molecule has 0 bridgehead atoms. The van der Waals surface area contributed by atoms with Crippen molar-refractivity contribution in [1.29, 1.82) is 0 Å². The van der Waals surface area contributed by atoms with Crippen molar-refractivity contribution in [2.75, 3.05) is 0 Å². The summed E-state index contributed by atoms with van der Waals surface area (Å²) in [5.41, 5.74) is 3.88. The van der Waals surface area contributed by atoms with Crippen molar-refractivity contribution < 1.29 is 8.42 Å². The molecular formula is C26H20O2S3. The molecule has 5 rings (SSSR count). The minimum absolute atomic E-state index is 0.446. The van der Waals surface area contributed by atoms with Crippen LogP contribution in [-0.4, -0.2) is 8.42 Å². The highest BCUT2D eigenvalue weighted by atomic mass is 32.2. The smallest absolute Gasteiger partial charge is 0.209 e. The Morgan fingerprint density at radius 3 is 1.26 bits per heavy atom. The second-order valence-electron chi connectivity index (χ2n) is 7.47. The lowest BCUT2D eigenvalue weighted by Crippen LogP contribution is -2.00. The minimum atomic E-state index is -3.59. The summed E-state index contributed by atoms with van der Waals surface area (Å²) in [6.45, 7) is 3.84. The summed E-state index contributed by atoms with van der Waals surface area (Å²) in [5.74, 6) is 0. The molecule has 2 nitrogen and oxygen atoms in total. The molecule has 0 saturated heterocycles. The molecule has 5 heteroatoms. The van der Waals surface area contributed by atoms with Gasteiger partial charge in [0.05, 0.1) is 9.81 Å². The first-order valence-electron chi connectivity index (χ1n) is 9.95. The summed E-state index contributed by atoms with van der Waals surface area (Å²) in [7, 11) is -3.59. The van der Waals surface area contributed by atoms with E-state index in [1.807, 2.05) is 98.8 Å². The Morgan fingerprint density at radius 2 is 0.871 bits per heavy atom. The Morgan fingerprint density at radius 1 is 0.516 bits per heavy atom. The van der Waals surface area contributed by atoms with Crippen LogP contribution in [0.25, 0.3) is 30.7 Å². The summed E-state index contributed by atoms with van der Waals surface area (Å²) in [6, 6.07) is 28.0. The fraction of sp³-hybridized carbons (Fsp3) is 0.0769. The molecule has 0 radical (unpaired) electrons. The standard InChI is InChI=1S/C26H20O2S3/c1-17-18(2)26(24-16-14-22(30-24)20-11-7-4-8-12-20)31(27,28)25(17)23-15-13-21(29-23)19-9-5-3-6-10-19/h3-16H,1-2H3. The number of hydrogen-bond acceptors (Lipinski definition) is 4. The van der Waals surface area contributed by atoms with Gasteiger partial charge >= 0.3 is 0 Å². The number of thiophene rings is 2. The summed E-state index contributed by atoms with van der Waals surface area (Å²) < 4.78 is 27.4. The van der Waals surface area contributed by atoms with Crippen molar-refractivity contribution >= 4 is 42.3 Å². The van der Waals surface area contributed by atoms with Crippen molar-refractivity contribution in [2.45, 2.75) is 13.8 Å². The summed E-state index contributed by atoms with van der Waals surface area (Å²) in [4.78, 5) is 4.62. The van der Waals surface area contributed by atoms with Crippen LogP contribution in [0, 0.1) is 0 Å². The van der Waals surface area contributed by atoms with E-state index in [9.17, 15) is 8.42 Å². The van der Waals surface area contributed by atoms with E-state index in [-0.39, 0.29) is 0 Å². The number of sulfone groups is 1. The molecule has 154 valence electrons. The molecule has 3 heterocycles. The van der Waals surface area contributed by atoms with Crippen LogP contribution in [0.2, 0.25) is 0 Å². The third-order valence-corrected chi connectivity index (χ3v) is 10.2. The normalized spacial score (nSPS) is 15.7. The first-order chi connectivity index (χ1) is 15.0. The molecule has 0 saturated carbocycles. The SMILES string of the molecule is CC1=C(c2ccc(-c3ccccc3)s2)S(=O)(=O)C(c2ccc(-c3ccccc3)s2)=C1C. The maximum absolute atomic E-state index is 13.7. The maximum atomic E-state index is 13.7. The fourth-order valence-electron chi connectivity index (χ4n) is 3.92. The fourth-order valence-corrected chi connectivity index (χ4v) is 8.82. The van der Waals surface area contributed by atoms with Gasteiger partial charge in [0.1, 0.15) is 0 Å². The van der Waals surface area contributed by atoms with Gasteiger partial charge in [-0.15, -0.1) is 22.7 Å². The zero-order chi connectivity index (χ0) is 21.6. The Bertz CT molecular complexity index is 1330. The molecule has 0 spiro atoms. The molecule has 1 aliphatic rings. The highest BCUT2D eigenvalue weighted by Gasteiger charge is 2.37. The Balaban J connectivity index is 1.54. The number of hydrogen-bond donors (Lipinski definition) is 0. The molecule has 0 N–H and O–H groups in total. The number of rotatable bonds is 4. The lowest BCUT2D eigenvalue weighted by molar-refractivity contribution is 0.615. The highest BCUT2D eigenvalue weighted by molar-refractivity contribution is 8.09. The minimum Gasteiger partial charge on any atom is -0.218 e. The van der Waals surface area contributed by atoms with Crippen molar-refractivity contribution in [1.82, 2.24) is 0 Å². The zero-order valence-electron chi connectivity index (χ0n) is 17.1.